The topological polar surface area (TPSA) is 107 Å². The maximum absolute atomic E-state index is 12.3. The van der Waals surface area contributed by atoms with Crippen LogP contribution in [-0.2, 0) is 0 Å². The summed E-state index contributed by atoms with van der Waals surface area (Å²) in [4.78, 5) is 12.3. The van der Waals surface area contributed by atoms with Crippen molar-refractivity contribution in [2.45, 2.75) is 44.2 Å². The summed E-state index contributed by atoms with van der Waals surface area (Å²) in [6, 6.07) is 15.1. The lowest BCUT2D eigenvalue weighted by molar-refractivity contribution is -0.144. The van der Waals surface area contributed by atoms with Gasteiger partial charge < -0.3 is 25.2 Å². The molecule has 0 radical (unpaired) electrons. The maximum atomic E-state index is 12.3. The number of hydrogen-bond acceptors (Lipinski definition) is 6. The quantitative estimate of drug-likeness (QED) is 0.272. The van der Waals surface area contributed by atoms with Crippen LogP contribution in [0.5, 0.6) is 5.75 Å². The Morgan fingerprint density at radius 2 is 1.48 bits per heavy atom. The Morgan fingerprint density at radius 1 is 0.852 bits per heavy atom. The van der Waals surface area contributed by atoms with Gasteiger partial charge in [0.05, 0.1) is 6.10 Å². The number of ketones is 1. The number of hydrogen-bond donors (Lipinski definition) is 4. The van der Waals surface area contributed by atoms with Gasteiger partial charge in [0, 0.05) is 17.7 Å². The third kappa shape index (κ3) is 6.45. The largest absolute Gasteiger partial charge is 0.462 e. The molecule has 2 aromatic carbocycles. The summed E-state index contributed by atoms with van der Waals surface area (Å²) in [5.74, 6) is 0.152. The SMILES string of the molecule is O=C(c1ccccc1)c1ccc(OC(O)C(O)C(O)CCCCCO)cc1. The van der Waals surface area contributed by atoms with Gasteiger partial charge >= 0.3 is 0 Å². The van der Waals surface area contributed by atoms with Crippen LogP contribution in [0.25, 0.3) is 0 Å². The number of aliphatic hydroxyl groups excluding tert-OH is 4. The van der Waals surface area contributed by atoms with Crippen molar-refractivity contribution in [1.29, 1.82) is 0 Å². The lowest BCUT2D eigenvalue weighted by Crippen LogP contribution is -2.40. The molecule has 0 spiro atoms. The molecule has 146 valence electrons. The third-order valence-electron chi connectivity index (χ3n) is 4.25. The highest BCUT2D eigenvalue weighted by Gasteiger charge is 2.26. The summed E-state index contributed by atoms with van der Waals surface area (Å²) >= 11 is 0. The fraction of sp³-hybridized carbons (Fsp3) is 0.381. The molecular formula is C21H26O6. The number of carbonyl (C=O) groups is 1. The third-order valence-corrected chi connectivity index (χ3v) is 4.25. The van der Waals surface area contributed by atoms with Gasteiger partial charge in [0.15, 0.2) is 5.78 Å². The Hall–Kier alpha value is -2.25. The molecule has 2 aromatic rings. The molecule has 2 rings (SSSR count). The number of rotatable bonds is 11. The van der Waals surface area contributed by atoms with Crippen LogP contribution in [0.1, 0.15) is 41.6 Å². The summed E-state index contributed by atoms with van der Waals surface area (Å²) in [6.45, 7) is 0.0904. The predicted molar refractivity (Wildman–Crippen MR) is 101 cm³/mol. The molecule has 0 saturated heterocycles. The van der Waals surface area contributed by atoms with Crippen molar-refractivity contribution in [2.24, 2.45) is 0 Å². The van der Waals surface area contributed by atoms with Crippen molar-refractivity contribution in [3.63, 3.8) is 0 Å². The van der Waals surface area contributed by atoms with E-state index in [-0.39, 0.29) is 18.1 Å². The van der Waals surface area contributed by atoms with Gasteiger partial charge in [-0.1, -0.05) is 43.2 Å². The molecule has 0 heterocycles. The number of ether oxygens (including phenoxy) is 1. The second kappa shape index (κ2) is 10.8. The maximum Gasteiger partial charge on any atom is 0.226 e. The van der Waals surface area contributed by atoms with Crippen molar-refractivity contribution in [2.75, 3.05) is 6.61 Å². The van der Waals surface area contributed by atoms with E-state index in [0.717, 1.165) is 6.42 Å². The Morgan fingerprint density at radius 3 is 2.11 bits per heavy atom. The molecule has 0 aliphatic rings. The molecule has 0 bridgehead atoms. The molecule has 0 aliphatic heterocycles. The monoisotopic (exact) mass is 374 g/mol. The van der Waals surface area contributed by atoms with Gasteiger partial charge in [-0.3, -0.25) is 4.79 Å². The number of unbranched alkanes of at least 4 members (excludes halogenated alkanes) is 2. The smallest absolute Gasteiger partial charge is 0.226 e. The number of carbonyl (C=O) groups excluding carboxylic acids is 1. The van der Waals surface area contributed by atoms with Crippen LogP contribution in [0, 0.1) is 0 Å². The normalized spacial score (nSPS) is 14.4. The summed E-state index contributed by atoms with van der Waals surface area (Å²) in [6.07, 6.45) is -1.88. The van der Waals surface area contributed by atoms with Gasteiger partial charge in [0.25, 0.3) is 0 Å². The van der Waals surface area contributed by atoms with Gasteiger partial charge in [0.2, 0.25) is 6.29 Å². The van der Waals surface area contributed by atoms with Crippen LogP contribution >= 0.6 is 0 Å². The first-order valence-electron chi connectivity index (χ1n) is 9.04. The van der Waals surface area contributed by atoms with Crippen LogP contribution in [-0.4, -0.2) is 51.3 Å². The molecule has 0 amide bonds. The minimum absolute atomic E-state index is 0.0904. The van der Waals surface area contributed by atoms with E-state index in [4.69, 9.17) is 9.84 Å². The van der Waals surface area contributed by atoms with Crippen molar-refractivity contribution < 1.29 is 30.0 Å². The van der Waals surface area contributed by atoms with E-state index in [1.54, 1.807) is 36.4 Å². The molecule has 0 aliphatic carbocycles. The molecule has 4 N–H and O–H groups in total. The summed E-state index contributed by atoms with van der Waals surface area (Å²) in [5, 5.41) is 38.6. The summed E-state index contributed by atoms with van der Waals surface area (Å²) in [7, 11) is 0. The molecule has 3 unspecified atom stereocenters. The van der Waals surface area contributed by atoms with Crippen LogP contribution in [0.2, 0.25) is 0 Å². The Balaban J connectivity index is 1.88. The molecule has 0 saturated carbocycles. The van der Waals surface area contributed by atoms with Gasteiger partial charge in [-0.2, -0.15) is 0 Å². The zero-order valence-corrected chi connectivity index (χ0v) is 15.1. The Kier molecular flexibility index (Phi) is 8.42. The number of aliphatic hydroxyl groups is 4. The van der Waals surface area contributed by atoms with E-state index < -0.39 is 18.5 Å². The van der Waals surface area contributed by atoms with E-state index in [0.29, 0.717) is 30.4 Å². The van der Waals surface area contributed by atoms with Crippen LogP contribution in [0.15, 0.2) is 54.6 Å². The average molecular weight is 374 g/mol. The zero-order chi connectivity index (χ0) is 19.6. The average Bonchev–Trinajstić information content (AvgIpc) is 2.71. The van der Waals surface area contributed by atoms with Crippen molar-refractivity contribution in [1.82, 2.24) is 0 Å². The summed E-state index contributed by atoms with van der Waals surface area (Å²) < 4.78 is 5.26. The highest BCUT2D eigenvalue weighted by Crippen LogP contribution is 2.18. The Labute approximate surface area is 158 Å². The van der Waals surface area contributed by atoms with E-state index in [1.165, 1.54) is 12.1 Å². The molecule has 0 fully saturated rings. The second-order valence-electron chi connectivity index (χ2n) is 6.36. The fourth-order valence-electron chi connectivity index (χ4n) is 2.65. The zero-order valence-electron chi connectivity index (χ0n) is 15.1. The molecule has 3 atom stereocenters. The molecule has 27 heavy (non-hydrogen) atoms. The van der Waals surface area contributed by atoms with Gasteiger partial charge in [-0.05, 0) is 37.1 Å². The van der Waals surface area contributed by atoms with Gasteiger partial charge in [-0.25, -0.2) is 0 Å². The van der Waals surface area contributed by atoms with Crippen molar-refractivity contribution in [3.05, 3.63) is 65.7 Å². The van der Waals surface area contributed by atoms with Gasteiger partial charge in [0.1, 0.15) is 11.9 Å². The van der Waals surface area contributed by atoms with Crippen molar-refractivity contribution >= 4 is 5.78 Å². The van der Waals surface area contributed by atoms with Crippen molar-refractivity contribution in [3.8, 4) is 5.75 Å². The van der Waals surface area contributed by atoms with E-state index in [9.17, 15) is 20.1 Å². The predicted octanol–water partition coefficient (Wildman–Crippen LogP) is 1.89. The van der Waals surface area contributed by atoms with Crippen LogP contribution in [0.4, 0.5) is 0 Å². The molecular weight excluding hydrogens is 348 g/mol. The first kappa shape index (κ1) is 21.1. The molecule has 0 aromatic heterocycles. The standard InChI is InChI=1S/C21H26O6/c22-14-6-2-5-9-18(23)20(25)21(26)27-17-12-10-16(11-13-17)19(24)15-7-3-1-4-8-15/h1,3-4,7-8,10-13,18,20-23,25-26H,2,5-6,9,14H2. The van der Waals surface area contributed by atoms with Crippen LogP contribution in [0.3, 0.4) is 0 Å². The fourth-order valence-corrected chi connectivity index (χ4v) is 2.65. The minimum Gasteiger partial charge on any atom is -0.462 e. The number of benzene rings is 2. The lowest BCUT2D eigenvalue weighted by Gasteiger charge is -2.23. The minimum atomic E-state index is -1.59. The highest BCUT2D eigenvalue weighted by molar-refractivity contribution is 6.08. The van der Waals surface area contributed by atoms with E-state index in [1.807, 2.05) is 6.07 Å². The van der Waals surface area contributed by atoms with Gasteiger partial charge in [-0.15, -0.1) is 0 Å². The summed E-state index contributed by atoms with van der Waals surface area (Å²) in [5.41, 5.74) is 1.05. The molecule has 6 nitrogen and oxygen atoms in total. The highest BCUT2D eigenvalue weighted by atomic mass is 16.6. The Bertz CT molecular complexity index is 686. The first-order chi connectivity index (χ1) is 13.0. The van der Waals surface area contributed by atoms with E-state index in [2.05, 4.69) is 0 Å². The second-order valence-corrected chi connectivity index (χ2v) is 6.36. The van der Waals surface area contributed by atoms with E-state index >= 15 is 0 Å². The molecule has 6 heteroatoms. The van der Waals surface area contributed by atoms with Crippen LogP contribution < -0.4 is 4.74 Å². The first-order valence-corrected chi connectivity index (χ1v) is 9.04. The lowest BCUT2D eigenvalue weighted by atomic mass is 10.0.